The maximum absolute atomic E-state index is 13.8. The second-order valence-corrected chi connectivity index (χ2v) is 7.97. The van der Waals surface area contributed by atoms with Crippen molar-refractivity contribution >= 4 is 48.5 Å². The Bertz CT molecular complexity index is 1030. The number of rotatable bonds is 4. The van der Waals surface area contributed by atoms with Crippen molar-refractivity contribution in [2.75, 3.05) is 11.1 Å². The van der Waals surface area contributed by atoms with Crippen molar-refractivity contribution in [1.82, 2.24) is 8.96 Å². The van der Waals surface area contributed by atoms with Gasteiger partial charge in [-0.05, 0) is 47.1 Å². The molecule has 2 aromatic heterocycles. The average Bonchev–Trinajstić information content (AvgIpc) is 2.93. The monoisotopic (exact) mass is 415 g/mol. The zero-order valence-corrected chi connectivity index (χ0v) is 14.8. The van der Waals surface area contributed by atoms with Gasteiger partial charge in [-0.15, -0.1) is 0 Å². The zero-order valence-electron chi connectivity index (χ0n) is 12.4. The Kier molecular flexibility index (Phi) is 4.31. The molecular weight excluding hydrogens is 404 g/mol. The third kappa shape index (κ3) is 3.01. The molecule has 0 aliphatic carbocycles. The van der Waals surface area contributed by atoms with Crippen LogP contribution in [0.4, 0.5) is 20.3 Å². The first kappa shape index (κ1) is 16.8. The van der Waals surface area contributed by atoms with E-state index in [1.165, 1.54) is 12.3 Å². The van der Waals surface area contributed by atoms with Crippen LogP contribution in [-0.4, -0.2) is 23.1 Å². The van der Waals surface area contributed by atoms with Gasteiger partial charge in [-0.1, -0.05) is 0 Å². The van der Waals surface area contributed by atoms with E-state index in [0.29, 0.717) is 21.3 Å². The summed E-state index contributed by atoms with van der Waals surface area (Å²) in [6.45, 7) is 1.55. The molecule has 0 saturated heterocycles. The highest BCUT2D eigenvalue weighted by molar-refractivity contribution is 9.10. The summed E-state index contributed by atoms with van der Waals surface area (Å²) in [5.74, 6) is -1.19. The minimum Gasteiger partial charge on any atom is -0.337 e. The fourth-order valence-corrected chi connectivity index (χ4v) is 3.57. The second kappa shape index (κ2) is 6.14. The van der Waals surface area contributed by atoms with Crippen LogP contribution < -0.4 is 5.32 Å². The minimum atomic E-state index is -3.45. The second-order valence-electron chi connectivity index (χ2n) is 4.98. The molecule has 0 unspecified atom stereocenters. The molecular formula is C15H12BrF2N3O2S. The standard InChI is InChI=1S/C15H12BrF2N3O2S/c1-2-24(22,23)21-6-5-13-14(21)8-10(16)15(20-13)19-12-4-3-9(17)7-11(12)18/h3-8H,2H2,1H3,(H,19,20). The molecule has 0 atom stereocenters. The van der Waals surface area contributed by atoms with E-state index in [9.17, 15) is 17.2 Å². The average molecular weight is 416 g/mol. The maximum Gasteiger partial charge on any atom is 0.238 e. The van der Waals surface area contributed by atoms with E-state index >= 15 is 0 Å². The van der Waals surface area contributed by atoms with Crippen LogP contribution >= 0.6 is 15.9 Å². The summed E-state index contributed by atoms with van der Waals surface area (Å²) in [4.78, 5) is 4.30. The van der Waals surface area contributed by atoms with E-state index in [-0.39, 0.29) is 11.4 Å². The summed E-state index contributed by atoms with van der Waals surface area (Å²) in [5.41, 5.74) is 0.902. The van der Waals surface area contributed by atoms with Gasteiger partial charge in [0.2, 0.25) is 10.0 Å². The van der Waals surface area contributed by atoms with Gasteiger partial charge in [-0.2, -0.15) is 0 Å². The number of halogens is 3. The number of nitrogens with one attached hydrogen (secondary N) is 1. The Labute approximate surface area is 145 Å². The van der Waals surface area contributed by atoms with Crippen molar-refractivity contribution < 1.29 is 17.2 Å². The highest BCUT2D eigenvalue weighted by atomic mass is 79.9. The molecule has 0 radical (unpaired) electrons. The fraction of sp³-hybridized carbons (Fsp3) is 0.133. The van der Waals surface area contributed by atoms with Gasteiger partial charge in [0, 0.05) is 12.3 Å². The molecule has 0 amide bonds. The first-order valence-corrected chi connectivity index (χ1v) is 9.35. The van der Waals surface area contributed by atoms with Gasteiger partial charge in [-0.25, -0.2) is 26.2 Å². The molecule has 3 rings (SSSR count). The van der Waals surface area contributed by atoms with E-state index in [2.05, 4.69) is 26.2 Å². The predicted octanol–water partition coefficient (Wildman–Crippen LogP) is 4.02. The lowest BCUT2D eigenvalue weighted by Crippen LogP contribution is -2.13. The number of nitrogens with zero attached hydrogens (tertiary/aromatic N) is 2. The molecule has 0 bridgehead atoms. The Hall–Kier alpha value is -2.00. The summed E-state index contributed by atoms with van der Waals surface area (Å²) in [5, 5.41) is 2.76. The summed E-state index contributed by atoms with van der Waals surface area (Å²) in [7, 11) is -3.45. The third-order valence-corrected chi connectivity index (χ3v) is 5.69. The Morgan fingerprint density at radius 2 is 2.00 bits per heavy atom. The van der Waals surface area contributed by atoms with Gasteiger partial charge < -0.3 is 5.32 Å². The Morgan fingerprint density at radius 1 is 1.25 bits per heavy atom. The summed E-state index contributed by atoms with van der Waals surface area (Å²) in [6, 6.07) is 6.29. The normalized spacial score (nSPS) is 11.8. The van der Waals surface area contributed by atoms with Crippen molar-refractivity contribution in [1.29, 1.82) is 0 Å². The van der Waals surface area contributed by atoms with E-state index in [1.54, 1.807) is 19.1 Å². The van der Waals surface area contributed by atoms with Crippen LogP contribution in [0.15, 0.2) is 41.0 Å². The highest BCUT2D eigenvalue weighted by Crippen LogP contribution is 2.30. The molecule has 0 aliphatic rings. The molecule has 1 N–H and O–H groups in total. The molecule has 9 heteroatoms. The van der Waals surface area contributed by atoms with Crippen LogP contribution in [0.2, 0.25) is 0 Å². The van der Waals surface area contributed by atoms with Crippen LogP contribution in [0, 0.1) is 11.6 Å². The van der Waals surface area contributed by atoms with E-state index < -0.39 is 21.7 Å². The van der Waals surface area contributed by atoms with Crippen LogP contribution in [0.3, 0.4) is 0 Å². The quantitative estimate of drug-likeness (QED) is 0.698. The topological polar surface area (TPSA) is 64.0 Å². The predicted molar refractivity (Wildman–Crippen MR) is 91.9 cm³/mol. The van der Waals surface area contributed by atoms with Gasteiger partial charge in [0.15, 0.2) is 0 Å². The highest BCUT2D eigenvalue weighted by Gasteiger charge is 2.16. The fourth-order valence-electron chi connectivity index (χ4n) is 2.20. The van der Waals surface area contributed by atoms with Crippen molar-refractivity contribution in [3.05, 3.63) is 52.6 Å². The lowest BCUT2D eigenvalue weighted by atomic mass is 10.3. The number of pyridine rings is 1. The van der Waals surface area contributed by atoms with Gasteiger partial charge in [-0.3, -0.25) is 0 Å². The smallest absolute Gasteiger partial charge is 0.238 e. The van der Waals surface area contributed by atoms with Gasteiger partial charge in [0.1, 0.15) is 17.5 Å². The summed E-state index contributed by atoms with van der Waals surface area (Å²) in [6.07, 6.45) is 1.42. The van der Waals surface area contributed by atoms with E-state index in [1.807, 2.05) is 0 Å². The molecule has 0 spiro atoms. The maximum atomic E-state index is 13.8. The van der Waals surface area contributed by atoms with Gasteiger partial charge >= 0.3 is 0 Å². The number of benzene rings is 1. The lowest BCUT2D eigenvalue weighted by Gasteiger charge is -2.10. The van der Waals surface area contributed by atoms with Crippen molar-refractivity contribution in [2.24, 2.45) is 0 Å². The summed E-state index contributed by atoms with van der Waals surface area (Å²) < 4.78 is 52.5. The Morgan fingerprint density at radius 3 is 2.67 bits per heavy atom. The van der Waals surface area contributed by atoms with Crippen molar-refractivity contribution in [3.8, 4) is 0 Å². The number of hydrogen-bond acceptors (Lipinski definition) is 4. The number of aromatic nitrogens is 2. The minimum absolute atomic E-state index is 0.0464. The first-order valence-electron chi connectivity index (χ1n) is 6.95. The largest absolute Gasteiger partial charge is 0.337 e. The van der Waals surface area contributed by atoms with E-state index in [0.717, 1.165) is 16.1 Å². The molecule has 0 aliphatic heterocycles. The third-order valence-electron chi connectivity index (χ3n) is 3.44. The van der Waals surface area contributed by atoms with Crippen LogP contribution in [0.1, 0.15) is 6.92 Å². The van der Waals surface area contributed by atoms with Gasteiger partial charge in [0.25, 0.3) is 0 Å². The molecule has 1 aromatic carbocycles. The SMILES string of the molecule is CCS(=O)(=O)n1ccc2nc(Nc3ccc(F)cc3F)c(Br)cc21. The number of anilines is 2. The molecule has 5 nitrogen and oxygen atoms in total. The van der Waals surface area contributed by atoms with Crippen LogP contribution in [-0.2, 0) is 10.0 Å². The molecule has 0 fully saturated rings. The molecule has 126 valence electrons. The Balaban J connectivity index is 2.06. The number of hydrogen-bond donors (Lipinski definition) is 1. The number of fused-ring (bicyclic) bond motifs is 1. The van der Waals surface area contributed by atoms with Crippen molar-refractivity contribution in [3.63, 3.8) is 0 Å². The molecule has 2 heterocycles. The first-order chi connectivity index (χ1) is 11.3. The summed E-state index contributed by atoms with van der Waals surface area (Å²) >= 11 is 3.29. The molecule has 0 saturated carbocycles. The molecule has 3 aromatic rings. The zero-order chi connectivity index (χ0) is 17.5. The van der Waals surface area contributed by atoms with Crippen LogP contribution in [0.25, 0.3) is 11.0 Å². The molecule has 24 heavy (non-hydrogen) atoms. The van der Waals surface area contributed by atoms with E-state index in [4.69, 9.17) is 0 Å². The van der Waals surface area contributed by atoms with Crippen molar-refractivity contribution in [2.45, 2.75) is 6.92 Å². The van der Waals surface area contributed by atoms with Crippen LogP contribution in [0.5, 0.6) is 0 Å². The lowest BCUT2D eigenvalue weighted by molar-refractivity contribution is 0.585. The van der Waals surface area contributed by atoms with Gasteiger partial charge in [0.05, 0.1) is 26.9 Å².